The molecule has 0 saturated carbocycles. The maximum atomic E-state index is 8.52. The molecule has 6 N–H and O–H groups in total. The van der Waals surface area contributed by atoms with Gasteiger partial charge in [-0.05, 0) is 37.1 Å². The quantitative estimate of drug-likeness (QED) is 0.530. The maximum absolute atomic E-state index is 8.52. The van der Waals surface area contributed by atoms with E-state index < -0.39 is 10.4 Å². The molecule has 0 aliphatic carbocycles. The fraction of sp³-hybridized carbons (Fsp3) is 0.143. The minimum absolute atomic E-state index is 0.794. The summed E-state index contributed by atoms with van der Waals surface area (Å²) in [7, 11) is -5.17. The Morgan fingerprint density at radius 1 is 0.826 bits per heavy atom. The standard InChI is InChI=1S/2C7H8ClN.H2O4S/c2*1-5-2-3-6(9)4-7(5)8;1-5(2,3)4/h2*2-4H,9H2,1H3;(H2,1,2,3,4). The van der Waals surface area contributed by atoms with Gasteiger partial charge in [0.2, 0.25) is 0 Å². The number of quaternary nitrogens is 2. The highest BCUT2D eigenvalue weighted by molar-refractivity contribution is 7.79. The Morgan fingerprint density at radius 2 is 1.09 bits per heavy atom. The highest BCUT2D eigenvalue weighted by Crippen LogP contribution is 2.16. The Hall–Kier alpha value is -1.19. The molecule has 6 nitrogen and oxygen atoms in total. The molecule has 0 spiro atoms. The van der Waals surface area contributed by atoms with Crippen molar-refractivity contribution in [1.29, 1.82) is 0 Å². The molecule has 9 heteroatoms. The third kappa shape index (κ3) is 12.0. The number of halogens is 2. The average molecular weight is 381 g/mol. The fourth-order valence-electron chi connectivity index (χ4n) is 1.27. The van der Waals surface area contributed by atoms with E-state index in [1.54, 1.807) is 0 Å². The number of aryl methyl sites for hydroxylation is 2. The summed E-state index contributed by atoms with van der Waals surface area (Å²) < 4.78 is 34.1. The Balaban J connectivity index is 0.000000332. The summed E-state index contributed by atoms with van der Waals surface area (Å²) in [5.41, 5.74) is 11.6. The molecule has 0 fully saturated rings. The summed E-state index contributed by atoms with van der Waals surface area (Å²) in [6.45, 7) is 3.95. The molecule has 0 unspecified atom stereocenters. The monoisotopic (exact) mass is 380 g/mol. The predicted octanol–water partition coefficient (Wildman–Crippen LogP) is 1.71. The minimum Gasteiger partial charge on any atom is -0.759 e. The molecular weight excluding hydrogens is 363 g/mol. The van der Waals surface area contributed by atoms with Crippen molar-refractivity contribution in [2.45, 2.75) is 13.8 Å². The number of hydrogen-bond acceptors (Lipinski definition) is 4. The molecule has 2 rings (SSSR count). The number of rotatable bonds is 0. The molecule has 0 aliphatic heterocycles. The van der Waals surface area contributed by atoms with E-state index >= 15 is 0 Å². The van der Waals surface area contributed by atoms with Crippen molar-refractivity contribution in [3.05, 3.63) is 57.6 Å². The molecule has 0 amide bonds. The lowest BCUT2D eigenvalue weighted by Gasteiger charge is -2.06. The molecule has 23 heavy (non-hydrogen) atoms. The van der Waals surface area contributed by atoms with Crippen molar-refractivity contribution < 1.29 is 29.0 Å². The normalized spacial score (nSPS) is 10.1. The van der Waals surface area contributed by atoms with Gasteiger partial charge < -0.3 is 20.6 Å². The smallest absolute Gasteiger partial charge is 0.129 e. The predicted molar refractivity (Wildman–Crippen MR) is 87.9 cm³/mol. The summed E-state index contributed by atoms with van der Waals surface area (Å²) in [6.07, 6.45) is 0. The van der Waals surface area contributed by atoms with E-state index in [-0.39, 0.29) is 0 Å². The summed E-state index contributed by atoms with van der Waals surface area (Å²) in [4.78, 5) is 0. The topological polar surface area (TPSA) is 136 Å². The molecule has 0 heterocycles. The lowest BCUT2D eigenvalue weighted by molar-refractivity contribution is -0.255. The fourth-order valence-corrected chi connectivity index (χ4v) is 1.68. The van der Waals surface area contributed by atoms with Crippen LogP contribution in [0.1, 0.15) is 11.1 Å². The van der Waals surface area contributed by atoms with Crippen LogP contribution in [0.2, 0.25) is 10.0 Å². The zero-order valence-electron chi connectivity index (χ0n) is 12.7. The first-order chi connectivity index (χ1) is 10.4. The summed E-state index contributed by atoms with van der Waals surface area (Å²) in [5.74, 6) is 0. The van der Waals surface area contributed by atoms with Crippen molar-refractivity contribution in [1.82, 2.24) is 0 Å². The summed E-state index contributed by atoms with van der Waals surface area (Å²) in [6, 6.07) is 11.5. The highest BCUT2D eigenvalue weighted by atomic mass is 35.5. The van der Waals surface area contributed by atoms with Gasteiger partial charge in [-0.1, -0.05) is 35.3 Å². The number of hydrogen-bond donors (Lipinski definition) is 2. The molecule has 2 aromatic rings. The zero-order valence-corrected chi connectivity index (χ0v) is 15.0. The van der Waals surface area contributed by atoms with Gasteiger partial charge in [-0.2, -0.15) is 0 Å². The Labute approximate surface area is 145 Å². The van der Waals surface area contributed by atoms with Crippen LogP contribution in [0.4, 0.5) is 11.4 Å². The van der Waals surface area contributed by atoms with Crippen LogP contribution < -0.4 is 11.5 Å². The van der Waals surface area contributed by atoms with Crippen LogP contribution in [0, 0.1) is 13.8 Å². The maximum Gasteiger partial charge on any atom is 0.129 e. The van der Waals surface area contributed by atoms with Gasteiger partial charge in [0, 0.05) is 32.6 Å². The molecule has 0 bridgehead atoms. The largest absolute Gasteiger partial charge is 0.759 e. The van der Waals surface area contributed by atoms with Crippen molar-refractivity contribution in [2.75, 3.05) is 0 Å². The zero-order chi connectivity index (χ0) is 18.2. The van der Waals surface area contributed by atoms with Crippen molar-refractivity contribution in [2.24, 2.45) is 0 Å². The Kier molecular flexibility index (Phi) is 9.33. The van der Waals surface area contributed by atoms with Gasteiger partial charge in [0.1, 0.15) is 11.4 Å². The molecule has 0 saturated heterocycles. The molecule has 0 aromatic heterocycles. The molecule has 128 valence electrons. The van der Waals surface area contributed by atoms with Gasteiger partial charge in [-0.3, -0.25) is 8.42 Å². The average Bonchev–Trinajstić information content (AvgIpc) is 2.38. The Morgan fingerprint density at radius 3 is 1.26 bits per heavy atom. The second kappa shape index (κ2) is 9.84. The van der Waals surface area contributed by atoms with E-state index in [4.69, 9.17) is 40.7 Å². The molecule has 0 aliphatic rings. The first-order valence-electron chi connectivity index (χ1n) is 6.23. The SMILES string of the molecule is Cc1ccc([NH3+])cc1Cl.Cc1ccc([NH3+])cc1Cl.O=S(=O)([O-])[O-]. The molecular formula is C14H18Cl2N2O4S. The van der Waals surface area contributed by atoms with Crippen LogP contribution in [0.5, 0.6) is 0 Å². The lowest BCUT2D eigenvalue weighted by atomic mass is 10.2. The van der Waals surface area contributed by atoms with E-state index in [1.165, 1.54) is 0 Å². The van der Waals surface area contributed by atoms with Gasteiger partial charge in [0.25, 0.3) is 0 Å². The van der Waals surface area contributed by atoms with Crippen LogP contribution >= 0.6 is 23.2 Å². The van der Waals surface area contributed by atoms with E-state index in [9.17, 15) is 0 Å². The minimum atomic E-state index is -5.17. The van der Waals surface area contributed by atoms with E-state index in [2.05, 4.69) is 11.5 Å². The van der Waals surface area contributed by atoms with E-state index in [1.807, 2.05) is 50.2 Å². The second-order valence-electron chi connectivity index (χ2n) is 4.58. The van der Waals surface area contributed by atoms with Gasteiger partial charge >= 0.3 is 0 Å². The molecule has 0 atom stereocenters. The van der Waals surface area contributed by atoms with Crippen LogP contribution in [0.25, 0.3) is 0 Å². The first-order valence-corrected chi connectivity index (χ1v) is 8.32. The van der Waals surface area contributed by atoms with Gasteiger partial charge in [0.15, 0.2) is 0 Å². The highest BCUT2D eigenvalue weighted by Gasteiger charge is 1.95. The third-order valence-electron chi connectivity index (χ3n) is 2.47. The summed E-state index contributed by atoms with van der Waals surface area (Å²) in [5, 5.41) is 1.59. The van der Waals surface area contributed by atoms with Crippen LogP contribution in [-0.2, 0) is 10.4 Å². The second-order valence-corrected chi connectivity index (χ2v) is 6.21. The first kappa shape index (κ1) is 21.8. The molecule has 0 radical (unpaired) electrons. The van der Waals surface area contributed by atoms with Crippen LogP contribution in [0.15, 0.2) is 36.4 Å². The van der Waals surface area contributed by atoms with Gasteiger partial charge in [-0.25, -0.2) is 0 Å². The van der Waals surface area contributed by atoms with E-state index in [0.29, 0.717) is 0 Å². The van der Waals surface area contributed by atoms with Gasteiger partial charge in [0.05, 0.1) is 0 Å². The summed E-state index contributed by atoms with van der Waals surface area (Å²) >= 11 is 11.5. The molecule has 2 aromatic carbocycles. The van der Waals surface area contributed by atoms with Crippen molar-refractivity contribution in [3.63, 3.8) is 0 Å². The van der Waals surface area contributed by atoms with Crippen LogP contribution in [-0.4, -0.2) is 17.5 Å². The lowest BCUT2D eigenvalue weighted by Crippen LogP contribution is -2.40. The van der Waals surface area contributed by atoms with Crippen LogP contribution in [0.3, 0.4) is 0 Å². The van der Waals surface area contributed by atoms with Crippen molar-refractivity contribution >= 4 is 45.0 Å². The number of benzene rings is 2. The van der Waals surface area contributed by atoms with Crippen molar-refractivity contribution in [3.8, 4) is 0 Å². The third-order valence-corrected chi connectivity index (χ3v) is 3.29. The van der Waals surface area contributed by atoms with E-state index in [0.717, 1.165) is 32.5 Å². The Bertz CT molecular complexity index is 695. The van der Waals surface area contributed by atoms with Gasteiger partial charge in [-0.15, -0.1) is 0 Å².